The van der Waals surface area contributed by atoms with Gasteiger partial charge < -0.3 is 5.32 Å². The highest BCUT2D eigenvalue weighted by Gasteiger charge is 2.19. The van der Waals surface area contributed by atoms with Crippen LogP contribution in [0.3, 0.4) is 0 Å². The van der Waals surface area contributed by atoms with Gasteiger partial charge in [0.1, 0.15) is 4.88 Å². The molecule has 0 radical (unpaired) electrons. The van der Waals surface area contributed by atoms with E-state index in [-0.39, 0.29) is 5.91 Å². The van der Waals surface area contributed by atoms with Gasteiger partial charge in [-0.15, -0.1) is 11.3 Å². The van der Waals surface area contributed by atoms with Gasteiger partial charge in [-0.25, -0.2) is 0 Å². The highest BCUT2D eigenvalue weighted by molar-refractivity contribution is 9.10. The number of nitrogens with one attached hydrogen (secondary N) is 1. The highest BCUT2D eigenvalue weighted by atomic mass is 79.9. The Bertz CT molecular complexity index is 1090. The van der Waals surface area contributed by atoms with Crippen LogP contribution in [0.4, 0.5) is 5.69 Å². The first-order valence-corrected chi connectivity index (χ1v) is 9.29. The van der Waals surface area contributed by atoms with E-state index in [1.807, 2.05) is 54.6 Å². The number of benzene rings is 3. The lowest BCUT2D eigenvalue weighted by atomic mass is 10.1. The molecule has 1 aromatic heterocycles. The third-order valence-electron chi connectivity index (χ3n) is 3.81. The summed E-state index contributed by atoms with van der Waals surface area (Å²) in [5, 5.41) is 6.54. The standard InChI is InChI=1S/C19H11BrClNOS/c20-12-5-3-6-13(10-12)22-19(23)18-17(21)16-14-7-2-1-4-11(14)8-9-15(16)24-18/h1-10H,(H,22,23). The van der Waals surface area contributed by atoms with E-state index in [4.69, 9.17) is 11.6 Å². The summed E-state index contributed by atoms with van der Waals surface area (Å²) in [4.78, 5) is 13.2. The average molecular weight is 417 g/mol. The SMILES string of the molecule is O=C(Nc1cccc(Br)c1)c1sc2ccc3ccccc3c2c1Cl. The third kappa shape index (κ3) is 2.71. The van der Waals surface area contributed by atoms with Gasteiger partial charge >= 0.3 is 0 Å². The number of thiophene rings is 1. The predicted molar refractivity (Wildman–Crippen MR) is 106 cm³/mol. The Balaban J connectivity index is 1.81. The molecule has 0 fully saturated rings. The van der Waals surface area contributed by atoms with Crippen molar-refractivity contribution in [3.63, 3.8) is 0 Å². The van der Waals surface area contributed by atoms with Crippen molar-refractivity contribution in [1.29, 1.82) is 0 Å². The first kappa shape index (κ1) is 15.6. The molecule has 0 atom stereocenters. The molecule has 0 saturated heterocycles. The second-order valence-electron chi connectivity index (χ2n) is 5.37. The van der Waals surface area contributed by atoms with Gasteiger partial charge in [0.25, 0.3) is 5.91 Å². The van der Waals surface area contributed by atoms with Crippen molar-refractivity contribution in [2.45, 2.75) is 0 Å². The molecule has 0 aliphatic carbocycles. The van der Waals surface area contributed by atoms with E-state index in [1.54, 1.807) is 0 Å². The van der Waals surface area contributed by atoms with Crippen molar-refractivity contribution in [3.05, 3.63) is 75.0 Å². The Hall–Kier alpha value is -1.88. The van der Waals surface area contributed by atoms with E-state index in [0.29, 0.717) is 9.90 Å². The van der Waals surface area contributed by atoms with Crippen LogP contribution in [0.1, 0.15) is 9.67 Å². The fraction of sp³-hybridized carbons (Fsp3) is 0. The highest BCUT2D eigenvalue weighted by Crippen LogP contribution is 2.40. The number of carbonyl (C=O) groups excluding carboxylic acids is 1. The van der Waals surface area contributed by atoms with Crippen LogP contribution in [0.15, 0.2) is 65.1 Å². The van der Waals surface area contributed by atoms with Crippen LogP contribution in [0.5, 0.6) is 0 Å². The van der Waals surface area contributed by atoms with E-state index in [2.05, 4.69) is 27.3 Å². The molecule has 0 bridgehead atoms. The van der Waals surface area contributed by atoms with Gasteiger partial charge in [0.2, 0.25) is 0 Å². The molecule has 24 heavy (non-hydrogen) atoms. The number of carbonyl (C=O) groups is 1. The molecule has 0 saturated carbocycles. The van der Waals surface area contributed by atoms with Crippen molar-refractivity contribution in [2.75, 3.05) is 5.32 Å². The molecule has 0 spiro atoms. The first-order chi connectivity index (χ1) is 11.6. The van der Waals surface area contributed by atoms with Crippen molar-refractivity contribution in [2.24, 2.45) is 0 Å². The number of hydrogen-bond acceptors (Lipinski definition) is 2. The minimum absolute atomic E-state index is 0.191. The lowest BCUT2D eigenvalue weighted by Crippen LogP contribution is -2.10. The van der Waals surface area contributed by atoms with Crippen molar-refractivity contribution < 1.29 is 4.79 Å². The van der Waals surface area contributed by atoms with Crippen LogP contribution >= 0.6 is 38.9 Å². The molecular formula is C19H11BrClNOS. The molecule has 1 heterocycles. The van der Waals surface area contributed by atoms with Gasteiger partial charge in [-0.2, -0.15) is 0 Å². The van der Waals surface area contributed by atoms with Crippen molar-refractivity contribution in [1.82, 2.24) is 0 Å². The van der Waals surface area contributed by atoms with Crippen LogP contribution < -0.4 is 5.32 Å². The zero-order valence-electron chi connectivity index (χ0n) is 12.3. The molecule has 0 unspecified atom stereocenters. The fourth-order valence-corrected chi connectivity index (χ4v) is 4.60. The lowest BCUT2D eigenvalue weighted by molar-refractivity contribution is 0.103. The van der Waals surface area contributed by atoms with Crippen LogP contribution in [0, 0.1) is 0 Å². The molecule has 4 aromatic rings. The topological polar surface area (TPSA) is 29.1 Å². The van der Waals surface area contributed by atoms with Crippen LogP contribution in [0.25, 0.3) is 20.9 Å². The first-order valence-electron chi connectivity index (χ1n) is 7.30. The fourth-order valence-electron chi connectivity index (χ4n) is 2.73. The number of anilines is 1. The Morgan fingerprint density at radius 3 is 2.71 bits per heavy atom. The average Bonchev–Trinajstić information content (AvgIpc) is 2.92. The maximum absolute atomic E-state index is 12.7. The molecule has 4 rings (SSSR count). The summed E-state index contributed by atoms with van der Waals surface area (Å²) in [5.74, 6) is -0.191. The van der Waals surface area contributed by atoms with Crippen LogP contribution in [-0.4, -0.2) is 5.91 Å². The zero-order valence-corrected chi connectivity index (χ0v) is 15.5. The summed E-state index contributed by atoms with van der Waals surface area (Å²) in [7, 11) is 0. The minimum atomic E-state index is -0.191. The lowest BCUT2D eigenvalue weighted by Gasteiger charge is -2.04. The quantitative estimate of drug-likeness (QED) is 0.386. The van der Waals surface area contributed by atoms with Gasteiger partial charge in [-0.1, -0.05) is 63.9 Å². The molecule has 0 aliphatic heterocycles. The van der Waals surface area contributed by atoms with E-state index < -0.39 is 0 Å². The maximum atomic E-state index is 12.7. The second-order valence-corrected chi connectivity index (χ2v) is 7.72. The maximum Gasteiger partial charge on any atom is 0.267 e. The smallest absolute Gasteiger partial charge is 0.267 e. The number of amides is 1. The van der Waals surface area contributed by atoms with Gasteiger partial charge in [0, 0.05) is 20.2 Å². The monoisotopic (exact) mass is 415 g/mol. The van der Waals surface area contributed by atoms with E-state index in [1.165, 1.54) is 11.3 Å². The molecule has 3 aromatic carbocycles. The van der Waals surface area contributed by atoms with Crippen molar-refractivity contribution >= 4 is 71.3 Å². The summed E-state index contributed by atoms with van der Waals surface area (Å²) in [5.41, 5.74) is 0.729. The van der Waals surface area contributed by atoms with Crippen LogP contribution in [0.2, 0.25) is 5.02 Å². The summed E-state index contributed by atoms with van der Waals surface area (Å²) in [6.07, 6.45) is 0. The van der Waals surface area contributed by atoms with Gasteiger partial charge in [0.05, 0.1) is 5.02 Å². The molecule has 118 valence electrons. The Kier molecular flexibility index (Phi) is 4.04. The number of hydrogen-bond donors (Lipinski definition) is 1. The van der Waals surface area contributed by atoms with Gasteiger partial charge in [-0.05, 0) is 35.0 Å². The van der Waals surface area contributed by atoms with Gasteiger partial charge in [0.15, 0.2) is 0 Å². The van der Waals surface area contributed by atoms with Crippen molar-refractivity contribution in [3.8, 4) is 0 Å². The second kappa shape index (κ2) is 6.20. The summed E-state index contributed by atoms with van der Waals surface area (Å²) in [6, 6.07) is 19.6. The third-order valence-corrected chi connectivity index (χ3v) is 5.95. The Morgan fingerprint density at radius 1 is 1.04 bits per heavy atom. The summed E-state index contributed by atoms with van der Waals surface area (Å²) in [6.45, 7) is 0. The molecule has 2 nitrogen and oxygen atoms in total. The minimum Gasteiger partial charge on any atom is -0.321 e. The van der Waals surface area contributed by atoms with E-state index in [9.17, 15) is 4.79 Å². The zero-order chi connectivity index (χ0) is 16.7. The van der Waals surface area contributed by atoms with E-state index >= 15 is 0 Å². The van der Waals surface area contributed by atoms with Gasteiger partial charge in [-0.3, -0.25) is 4.79 Å². The number of halogens is 2. The number of rotatable bonds is 2. The molecule has 1 amide bonds. The molecule has 1 N–H and O–H groups in total. The molecular weight excluding hydrogens is 406 g/mol. The Morgan fingerprint density at radius 2 is 1.88 bits per heavy atom. The normalized spacial score (nSPS) is 11.1. The largest absolute Gasteiger partial charge is 0.321 e. The summed E-state index contributed by atoms with van der Waals surface area (Å²) < 4.78 is 1.92. The predicted octanol–water partition coefficient (Wildman–Crippen LogP) is 6.72. The Labute approximate surface area is 156 Å². The molecule has 0 aliphatic rings. The van der Waals surface area contributed by atoms with Crippen LogP contribution in [-0.2, 0) is 0 Å². The number of fused-ring (bicyclic) bond motifs is 3. The summed E-state index contributed by atoms with van der Waals surface area (Å²) >= 11 is 11.4. The van der Waals surface area contributed by atoms with E-state index in [0.717, 1.165) is 31.0 Å². The molecule has 5 heteroatoms.